The average Bonchev–Trinajstić information content (AvgIpc) is 2.55. The van der Waals surface area contributed by atoms with E-state index in [4.69, 9.17) is 16.6 Å². The molecule has 3 aromatic rings. The van der Waals surface area contributed by atoms with Gasteiger partial charge in [0, 0.05) is 10.8 Å². The Morgan fingerprint density at radius 2 is 2.04 bits per heavy atom. The maximum Gasteiger partial charge on any atom is 0.266 e. The molecule has 0 fully saturated rings. The lowest BCUT2D eigenvalue weighted by Crippen LogP contribution is -2.22. The van der Waals surface area contributed by atoms with E-state index in [-0.39, 0.29) is 5.56 Å². The van der Waals surface area contributed by atoms with Gasteiger partial charge in [-0.2, -0.15) is 0 Å². The van der Waals surface area contributed by atoms with Crippen molar-refractivity contribution < 1.29 is 0 Å². The highest BCUT2D eigenvalue weighted by Gasteiger charge is 2.13. The molecule has 0 atom stereocenters. The number of unbranched alkanes of at least 4 members (excludes halogenated alkanes) is 1. The summed E-state index contributed by atoms with van der Waals surface area (Å²) < 4.78 is 1.71. The van der Waals surface area contributed by atoms with Crippen molar-refractivity contribution in [3.05, 3.63) is 63.4 Å². The van der Waals surface area contributed by atoms with E-state index >= 15 is 0 Å². The highest BCUT2D eigenvalue weighted by molar-refractivity contribution is 7.99. The fourth-order valence-corrected chi connectivity index (χ4v) is 3.80. The predicted octanol–water partition coefficient (Wildman–Crippen LogP) is 5.24. The molecule has 0 saturated heterocycles. The van der Waals surface area contributed by atoms with Crippen LogP contribution in [0.15, 0.2) is 52.4 Å². The van der Waals surface area contributed by atoms with Crippen molar-refractivity contribution in [1.82, 2.24) is 9.55 Å². The van der Waals surface area contributed by atoms with Crippen molar-refractivity contribution in [3.8, 4) is 5.69 Å². The second-order valence-electron chi connectivity index (χ2n) is 5.74. The summed E-state index contributed by atoms with van der Waals surface area (Å²) in [7, 11) is 0. The van der Waals surface area contributed by atoms with Crippen LogP contribution in [0.5, 0.6) is 0 Å². The Hall–Kier alpha value is -1.78. The number of aryl methyl sites for hydroxylation is 1. The minimum absolute atomic E-state index is 0.0544. The first-order valence-corrected chi connectivity index (χ1v) is 9.38. The standard InChI is InChI=1S/C19H19ClN2OS/c1-3-4-10-24-19-21-17-12-14(20)8-9-16(17)18(23)22(19)15-7-5-6-13(2)11-15/h5-9,11-12H,3-4,10H2,1-2H3. The van der Waals surface area contributed by atoms with Crippen molar-refractivity contribution in [2.45, 2.75) is 31.8 Å². The van der Waals surface area contributed by atoms with E-state index in [1.54, 1.807) is 34.5 Å². The van der Waals surface area contributed by atoms with E-state index in [1.807, 2.05) is 31.2 Å². The molecule has 3 nitrogen and oxygen atoms in total. The van der Waals surface area contributed by atoms with Gasteiger partial charge in [-0.05, 0) is 49.2 Å². The Labute approximate surface area is 150 Å². The van der Waals surface area contributed by atoms with Gasteiger partial charge in [-0.15, -0.1) is 0 Å². The highest BCUT2D eigenvalue weighted by Crippen LogP contribution is 2.24. The first kappa shape index (κ1) is 17.1. The summed E-state index contributed by atoms with van der Waals surface area (Å²) in [4.78, 5) is 17.8. The number of aromatic nitrogens is 2. The number of thioether (sulfide) groups is 1. The molecule has 0 amide bonds. The lowest BCUT2D eigenvalue weighted by atomic mass is 10.2. The van der Waals surface area contributed by atoms with Crippen molar-refractivity contribution >= 4 is 34.3 Å². The second-order valence-corrected chi connectivity index (χ2v) is 7.24. The summed E-state index contributed by atoms with van der Waals surface area (Å²) >= 11 is 7.69. The number of halogens is 1. The molecule has 0 aliphatic heterocycles. The summed E-state index contributed by atoms with van der Waals surface area (Å²) in [5, 5.41) is 1.89. The fraction of sp³-hybridized carbons (Fsp3) is 0.263. The van der Waals surface area contributed by atoms with E-state index < -0.39 is 0 Å². The van der Waals surface area contributed by atoms with E-state index in [9.17, 15) is 4.79 Å². The van der Waals surface area contributed by atoms with Crippen LogP contribution in [0.3, 0.4) is 0 Å². The van der Waals surface area contributed by atoms with Crippen LogP contribution in [0.1, 0.15) is 25.3 Å². The van der Waals surface area contributed by atoms with Crippen molar-refractivity contribution in [1.29, 1.82) is 0 Å². The maximum atomic E-state index is 13.1. The normalized spacial score (nSPS) is 11.1. The zero-order valence-electron chi connectivity index (χ0n) is 13.8. The third kappa shape index (κ3) is 3.50. The summed E-state index contributed by atoms with van der Waals surface area (Å²) in [6.07, 6.45) is 2.20. The summed E-state index contributed by atoms with van der Waals surface area (Å²) in [5.41, 5.74) is 2.56. The third-order valence-electron chi connectivity index (χ3n) is 3.79. The quantitative estimate of drug-likeness (QED) is 0.355. The van der Waals surface area contributed by atoms with Gasteiger partial charge in [0.1, 0.15) is 0 Å². The third-order valence-corrected chi connectivity index (χ3v) is 5.05. The summed E-state index contributed by atoms with van der Waals surface area (Å²) in [6, 6.07) is 13.2. The van der Waals surface area contributed by atoms with Crippen molar-refractivity contribution in [2.75, 3.05) is 5.75 Å². The Balaban J connectivity index is 2.23. The van der Waals surface area contributed by atoms with Crippen LogP contribution < -0.4 is 5.56 Å². The van der Waals surface area contributed by atoms with Gasteiger partial charge in [-0.1, -0.05) is 48.8 Å². The number of hydrogen-bond donors (Lipinski definition) is 0. The van der Waals surface area contributed by atoms with Crippen LogP contribution in [-0.2, 0) is 0 Å². The summed E-state index contributed by atoms with van der Waals surface area (Å²) in [6.45, 7) is 4.18. The first-order valence-electron chi connectivity index (χ1n) is 8.02. The first-order chi connectivity index (χ1) is 11.6. The Morgan fingerprint density at radius 1 is 1.21 bits per heavy atom. The zero-order chi connectivity index (χ0) is 17.1. The van der Waals surface area contributed by atoms with Gasteiger partial charge < -0.3 is 0 Å². The minimum atomic E-state index is -0.0544. The van der Waals surface area contributed by atoms with Gasteiger partial charge in [0.05, 0.1) is 16.6 Å². The van der Waals surface area contributed by atoms with Crippen LogP contribution in [0, 0.1) is 6.92 Å². The molecule has 0 aliphatic rings. The van der Waals surface area contributed by atoms with Crippen LogP contribution in [0.4, 0.5) is 0 Å². The lowest BCUT2D eigenvalue weighted by Gasteiger charge is -2.13. The molecule has 124 valence electrons. The van der Waals surface area contributed by atoms with Crippen LogP contribution >= 0.6 is 23.4 Å². The molecule has 0 saturated carbocycles. The van der Waals surface area contributed by atoms with Crippen LogP contribution in [0.2, 0.25) is 5.02 Å². The Bertz CT molecular complexity index is 936. The largest absolute Gasteiger partial charge is 0.268 e. The minimum Gasteiger partial charge on any atom is -0.268 e. The molecule has 0 unspecified atom stereocenters. The van der Waals surface area contributed by atoms with Crippen molar-refractivity contribution in [2.24, 2.45) is 0 Å². The molecule has 0 N–H and O–H groups in total. The molecule has 1 heterocycles. The van der Waals surface area contributed by atoms with E-state index in [1.165, 1.54) is 0 Å². The number of benzene rings is 2. The smallest absolute Gasteiger partial charge is 0.266 e. The summed E-state index contributed by atoms with van der Waals surface area (Å²) in [5.74, 6) is 0.931. The molecular weight excluding hydrogens is 340 g/mol. The molecular formula is C19H19ClN2OS. The molecule has 24 heavy (non-hydrogen) atoms. The van der Waals surface area contributed by atoms with Gasteiger partial charge in [0.15, 0.2) is 5.16 Å². The average molecular weight is 359 g/mol. The molecule has 0 bridgehead atoms. The van der Waals surface area contributed by atoms with Gasteiger partial charge in [-0.3, -0.25) is 9.36 Å². The number of hydrogen-bond acceptors (Lipinski definition) is 3. The van der Waals surface area contributed by atoms with E-state index in [2.05, 4.69) is 6.92 Å². The topological polar surface area (TPSA) is 34.9 Å². The maximum absolute atomic E-state index is 13.1. The monoisotopic (exact) mass is 358 g/mol. The van der Waals surface area contributed by atoms with Gasteiger partial charge in [0.25, 0.3) is 5.56 Å². The number of fused-ring (bicyclic) bond motifs is 1. The van der Waals surface area contributed by atoms with Crippen LogP contribution in [0.25, 0.3) is 16.6 Å². The molecule has 0 aliphatic carbocycles. The molecule has 3 rings (SSSR count). The fourth-order valence-electron chi connectivity index (χ4n) is 2.54. The van der Waals surface area contributed by atoms with E-state index in [0.717, 1.165) is 29.8 Å². The molecule has 0 radical (unpaired) electrons. The van der Waals surface area contributed by atoms with Gasteiger partial charge >= 0.3 is 0 Å². The highest BCUT2D eigenvalue weighted by atomic mass is 35.5. The molecule has 0 spiro atoms. The second kappa shape index (κ2) is 7.41. The Kier molecular flexibility index (Phi) is 5.27. The molecule has 5 heteroatoms. The number of nitrogens with zero attached hydrogens (tertiary/aromatic N) is 2. The molecule has 2 aromatic carbocycles. The Morgan fingerprint density at radius 3 is 2.79 bits per heavy atom. The molecule has 1 aromatic heterocycles. The van der Waals surface area contributed by atoms with Gasteiger partial charge in [-0.25, -0.2) is 4.98 Å². The zero-order valence-corrected chi connectivity index (χ0v) is 15.3. The lowest BCUT2D eigenvalue weighted by molar-refractivity contribution is 0.813. The SMILES string of the molecule is CCCCSc1nc2cc(Cl)ccc2c(=O)n1-c1cccc(C)c1. The van der Waals surface area contributed by atoms with Crippen molar-refractivity contribution in [3.63, 3.8) is 0 Å². The van der Waals surface area contributed by atoms with Crippen LogP contribution in [-0.4, -0.2) is 15.3 Å². The number of rotatable bonds is 5. The van der Waals surface area contributed by atoms with E-state index in [0.29, 0.717) is 21.1 Å². The predicted molar refractivity (Wildman–Crippen MR) is 103 cm³/mol. The van der Waals surface area contributed by atoms with Gasteiger partial charge in [0.2, 0.25) is 0 Å².